The zero-order chi connectivity index (χ0) is 13.7. The number of hydrogen-bond donors (Lipinski definition) is 1. The summed E-state index contributed by atoms with van der Waals surface area (Å²) in [7, 11) is 0. The lowest BCUT2D eigenvalue weighted by molar-refractivity contribution is -0.125. The zero-order valence-corrected chi connectivity index (χ0v) is 11.3. The van der Waals surface area contributed by atoms with Gasteiger partial charge in [0, 0.05) is 18.9 Å². The Hall–Kier alpha value is -2.10. The second kappa shape index (κ2) is 5.69. The Morgan fingerprint density at radius 3 is 2.63 bits per heavy atom. The van der Waals surface area contributed by atoms with Gasteiger partial charge in [0.05, 0.1) is 12.0 Å². The molecule has 0 aliphatic carbocycles. The number of nitrogens with one attached hydrogen (secondary N) is 1. The van der Waals surface area contributed by atoms with Crippen LogP contribution in [-0.4, -0.2) is 22.2 Å². The van der Waals surface area contributed by atoms with E-state index in [0.717, 1.165) is 5.56 Å². The van der Waals surface area contributed by atoms with E-state index in [1.165, 1.54) is 0 Å². The first kappa shape index (κ1) is 13.3. The summed E-state index contributed by atoms with van der Waals surface area (Å²) in [6, 6.07) is 11.7. The smallest absolute Gasteiger partial charge is 0.230 e. The van der Waals surface area contributed by atoms with Crippen molar-refractivity contribution in [2.75, 3.05) is 6.54 Å². The molecule has 1 amide bonds. The minimum atomic E-state index is -0.522. The van der Waals surface area contributed by atoms with Crippen LogP contribution in [-0.2, 0) is 16.8 Å². The summed E-state index contributed by atoms with van der Waals surface area (Å²) < 4.78 is 1.80. The normalized spacial score (nSPS) is 11.3. The first-order valence-electron chi connectivity index (χ1n) is 6.42. The molecule has 0 bridgehead atoms. The highest BCUT2D eigenvalue weighted by Gasteiger charge is 2.28. The van der Waals surface area contributed by atoms with Crippen LogP contribution in [0.1, 0.15) is 19.4 Å². The minimum Gasteiger partial charge on any atom is -0.353 e. The van der Waals surface area contributed by atoms with Gasteiger partial charge in [0.1, 0.15) is 0 Å². The van der Waals surface area contributed by atoms with Gasteiger partial charge in [0.25, 0.3) is 0 Å². The fraction of sp³-hybridized carbons (Fsp3) is 0.333. The average Bonchev–Trinajstić information content (AvgIpc) is 2.93. The van der Waals surface area contributed by atoms with Gasteiger partial charge in [-0.25, -0.2) is 0 Å². The Balaban J connectivity index is 1.92. The van der Waals surface area contributed by atoms with Crippen molar-refractivity contribution in [3.63, 3.8) is 0 Å². The summed E-state index contributed by atoms with van der Waals surface area (Å²) in [4.78, 5) is 12.3. The van der Waals surface area contributed by atoms with Gasteiger partial charge in [-0.15, -0.1) is 0 Å². The summed E-state index contributed by atoms with van der Waals surface area (Å²) in [5.41, 5.74) is 0.498. The Morgan fingerprint density at radius 2 is 2.00 bits per heavy atom. The molecule has 100 valence electrons. The second-order valence-electron chi connectivity index (χ2n) is 5.02. The summed E-state index contributed by atoms with van der Waals surface area (Å²) in [5.74, 6) is 0.0332. The molecule has 0 atom stereocenters. The molecular weight excluding hydrogens is 238 g/mol. The second-order valence-corrected chi connectivity index (χ2v) is 5.02. The van der Waals surface area contributed by atoms with Crippen LogP contribution in [0.2, 0.25) is 0 Å². The lowest BCUT2D eigenvalue weighted by atomic mass is 9.84. The van der Waals surface area contributed by atoms with Gasteiger partial charge in [0.15, 0.2) is 0 Å². The van der Waals surface area contributed by atoms with E-state index in [4.69, 9.17) is 0 Å². The van der Waals surface area contributed by atoms with Gasteiger partial charge in [-0.2, -0.15) is 5.10 Å². The van der Waals surface area contributed by atoms with E-state index in [9.17, 15) is 4.79 Å². The molecule has 1 heterocycles. The number of carbonyl (C=O) groups is 1. The maximum atomic E-state index is 12.3. The van der Waals surface area contributed by atoms with Crippen molar-refractivity contribution in [2.24, 2.45) is 0 Å². The van der Waals surface area contributed by atoms with E-state index in [1.807, 2.05) is 56.4 Å². The van der Waals surface area contributed by atoms with Crippen LogP contribution in [0.25, 0.3) is 0 Å². The van der Waals surface area contributed by atoms with Crippen molar-refractivity contribution >= 4 is 5.91 Å². The van der Waals surface area contributed by atoms with Crippen molar-refractivity contribution < 1.29 is 4.79 Å². The molecule has 0 spiro atoms. The van der Waals surface area contributed by atoms with Crippen LogP contribution in [0, 0.1) is 0 Å². The fourth-order valence-corrected chi connectivity index (χ4v) is 1.92. The van der Waals surface area contributed by atoms with E-state index < -0.39 is 5.41 Å². The average molecular weight is 257 g/mol. The van der Waals surface area contributed by atoms with Crippen LogP contribution in [0.5, 0.6) is 0 Å². The Labute approximate surface area is 113 Å². The summed E-state index contributed by atoms with van der Waals surface area (Å²) in [6.45, 7) is 5.14. The first-order valence-corrected chi connectivity index (χ1v) is 6.42. The van der Waals surface area contributed by atoms with Crippen molar-refractivity contribution in [1.82, 2.24) is 15.1 Å². The quantitative estimate of drug-likeness (QED) is 0.890. The van der Waals surface area contributed by atoms with Crippen LogP contribution < -0.4 is 5.32 Å². The van der Waals surface area contributed by atoms with Crippen molar-refractivity contribution in [3.8, 4) is 0 Å². The highest BCUT2D eigenvalue weighted by Crippen LogP contribution is 2.22. The molecule has 0 aliphatic rings. The molecule has 2 rings (SSSR count). The number of rotatable bonds is 5. The molecule has 1 aromatic carbocycles. The molecule has 0 fully saturated rings. The van der Waals surface area contributed by atoms with Gasteiger partial charge in [-0.05, 0) is 25.5 Å². The van der Waals surface area contributed by atoms with Crippen LogP contribution in [0.4, 0.5) is 0 Å². The number of hydrogen-bond acceptors (Lipinski definition) is 2. The largest absolute Gasteiger partial charge is 0.353 e. The third kappa shape index (κ3) is 3.22. The predicted octanol–water partition coefficient (Wildman–Crippen LogP) is 1.98. The Morgan fingerprint density at radius 1 is 1.26 bits per heavy atom. The maximum Gasteiger partial charge on any atom is 0.230 e. The standard InChI is InChI=1S/C15H19N3O/c1-15(2,13-7-4-3-5-8-13)14(19)16-10-12-18-11-6-9-17-18/h3-9,11H,10,12H2,1-2H3,(H,16,19). The van der Waals surface area contributed by atoms with E-state index in [2.05, 4.69) is 10.4 Å². The minimum absolute atomic E-state index is 0.0332. The third-order valence-corrected chi connectivity index (χ3v) is 3.25. The fourth-order valence-electron chi connectivity index (χ4n) is 1.92. The molecule has 0 saturated carbocycles. The topological polar surface area (TPSA) is 46.9 Å². The molecule has 0 unspecified atom stereocenters. The van der Waals surface area contributed by atoms with E-state index >= 15 is 0 Å². The van der Waals surface area contributed by atoms with Gasteiger partial charge < -0.3 is 5.32 Å². The highest BCUT2D eigenvalue weighted by atomic mass is 16.2. The number of nitrogens with zero attached hydrogens (tertiary/aromatic N) is 2. The molecule has 0 saturated heterocycles. The lowest BCUT2D eigenvalue weighted by Crippen LogP contribution is -2.41. The van der Waals surface area contributed by atoms with Crippen molar-refractivity contribution in [1.29, 1.82) is 0 Å². The van der Waals surface area contributed by atoms with Gasteiger partial charge in [0.2, 0.25) is 5.91 Å². The molecule has 19 heavy (non-hydrogen) atoms. The van der Waals surface area contributed by atoms with Crippen molar-refractivity contribution in [3.05, 3.63) is 54.4 Å². The molecule has 1 N–H and O–H groups in total. The monoisotopic (exact) mass is 257 g/mol. The van der Waals surface area contributed by atoms with Gasteiger partial charge >= 0.3 is 0 Å². The van der Waals surface area contributed by atoms with Crippen LogP contribution in [0.15, 0.2) is 48.8 Å². The number of carbonyl (C=O) groups excluding carboxylic acids is 1. The molecule has 2 aromatic rings. The van der Waals surface area contributed by atoms with Crippen LogP contribution >= 0.6 is 0 Å². The third-order valence-electron chi connectivity index (χ3n) is 3.25. The summed E-state index contributed by atoms with van der Waals surface area (Å²) in [6.07, 6.45) is 3.62. The highest BCUT2D eigenvalue weighted by molar-refractivity contribution is 5.87. The lowest BCUT2D eigenvalue weighted by Gasteiger charge is -2.24. The molecule has 0 aliphatic heterocycles. The molecular formula is C15H19N3O. The number of benzene rings is 1. The summed E-state index contributed by atoms with van der Waals surface area (Å²) >= 11 is 0. The predicted molar refractivity (Wildman–Crippen MR) is 74.7 cm³/mol. The number of aromatic nitrogens is 2. The van der Waals surface area contributed by atoms with E-state index in [1.54, 1.807) is 10.9 Å². The zero-order valence-electron chi connectivity index (χ0n) is 11.3. The molecule has 4 heteroatoms. The van der Waals surface area contributed by atoms with Gasteiger partial charge in [-0.3, -0.25) is 9.48 Å². The summed E-state index contributed by atoms with van der Waals surface area (Å²) in [5, 5.41) is 7.06. The number of amides is 1. The molecule has 0 radical (unpaired) electrons. The van der Waals surface area contributed by atoms with E-state index in [-0.39, 0.29) is 5.91 Å². The molecule has 4 nitrogen and oxygen atoms in total. The maximum absolute atomic E-state index is 12.3. The van der Waals surface area contributed by atoms with Gasteiger partial charge in [-0.1, -0.05) is 30.3 Å². The Kier molecular flexibility index (Phi) is 4.00. The van der Waals surface area contributed by atoms with Crippen molar-refractivity contribution in [2.45, 2.75) is 25.8 Å². The Bertz CT molecular complexity index is 518. The molecule has 1 aromatic heterocycles. The first-order chi connectivity index (χ1) is 9.10. The SMILES string of the molecule is CC(C)(C(=O)NCCn1cccn1)c1ccccc1. The van der Waals surface area contributed by atoms with Crippen LogP contribution in [0.3, 0.4) is 0 Å². The van der Waals surface area contributed by atoms with E-state index in [0.29, 0.717) is 13.1 Å².